The average Bonchev–Trinajstić information content (AvgIpc) is 3.21. The van der Waals surface area contributed by atoms with Crippen molar-refractivity contribution in [3.8, 4) is 11.5 Å². The van der Waals surface area contributed by atoms with Crippen molar-refractivity contribution in [2.24, 2.45) is 16.0 Å². The van der Waals surface area contributed by atoms with Crippen molar-refractivity contribution < 1.29 is 14.3 Å². The van der Waals surface area contributed by atoms with Gasteiger partial charge in [0.1, 0.15) is 11.7 Å². The van der Waals surface area contributed by atoms with Crippen molar-refractivity contribution in [2.75, 3.05) is 7.11 Å². The highest BCUT2D eigenvalue weighted by atomic mass is 79.9. The molecule has 2 aromatic rings. The van der Waals surface area contributed by atoms with Crippen molar-refractivity contribution in [2.45, 2.75) is 20.5 Å². The Bertz CT molecular complexity index is 1240. The second kappa shape index (κ2) is 9.70. The molecule has 0 aromatic heterocycles. The fourth-order valence-electron chi connectivity index (χ4n) is 3.14. The van der Waals surface area contributed by atoms with E-state index in [9.17, 15) is 4.79 Å². The van der Waals surface area contributed by atoms with Gasteiger partial charge in [0.25, 0.3) is 5.91 Å². The Morgan fingerprint density at radius 1 is 1.30 bits per heavy atom. The van der Waals surface area contributed by atoms with Gasteiger partial charge in [0.2, 0.25) is 5.17 Å². The summed E-state index contributed by atoms with van der Waals surface area (Å²) < 4.78 is 12.1. The van der Waals surface area contributed by atoms with Crippen LogP contribution >= 0.6 is 39.3 Å². The molecular weight excluding hydrogens is 528 g/mol. The monoisotopic (exact) mass is 546 g/mol. The SMILES string of the molecule is COc1cc(C=C2C(=N)N3N=C(C(C)C)SC3=NC2=O)cc(Br)c1OCc1ccccc1Cl. The highest BCUT2D eigenvalue weighted by molar-refractivity contribution is 9.10. The summed E-state index contributed by atoms with van der Waals surface area (Å²) in [5.74, 6) is 0.665. The zero-order valence-electron chi connectivity index (χ0n) is 18.1. The van der Waals surface area contributed by atoms with E-state index in [1.54, 1.807) is 24.3 Å². The lowest BCUT2D eigenvalue weighted by Gasteiger charge is -2.20. The van der Waals surface area contributed by atoms with Gasteiger partial charge >= 0.3 is 0 Å². The van der Waals surface area contributed by atoms with Gasteiger partial charge in [0.15, 0.2) is 17.3 Å². The lowest BCUT2D eigenvalue weighted by atomic mass is 10.1. The number of thioether (sulfide) groups is 1. The number of nitrogens with one attached hydrogen (secondary N) is 1. The Morgan fingerprint density at radius 3 is 2.76 bits per heavy atom. The molecule has 0 atom stereocenters. The van der Waals surface area contributed by atoms with Crippen LogP contribution in [0.15, 0.2) is 56.5 Å². The molecule has 0 saturated carbocycles. The van der Waals surface area contributed by atoms with E-state index in [2.05, 4.69) is 26.0 Å². The normalized spacial score (nSPS) is 16.8. The molecule has 10 heteroatoms. The molecule has 2 heterocycles. The number of amides is 1. The molecule has 33 heavy (non-hydrogen) atoms. The third kappa shape index (κ3) is 4.85. The second-order valence-electron chi connectivity index (χ2n) is 7.53. The minimum Gasteiger partial charge on any atom is -0.493 e. The summed E-state index contributed by atoms with van der Waals surface area (Å²) in [5, 5.41) is 16.2. The smallest absolute Gasteiger partial charge is 0.283 e. The van der Waals surface area contributed by atoms with Gasteiger partial charge in [0, 0.05) is 16.5 Å². The van der Waals surface area contributed by atoms with Crippen molar-refractivity contribution in [3.05, 3.63) is 62.6 Å². The summed E-state index contributed by atoms with van der Waals surface area (Å²) in [6.45, 7) is 4.27. The van der Waals surface area contributed by atoms with Crippen molar-refractivity contribution in [3.63, 3.8) is 0 Å². The number of hydrazone groups is 1. The molecule has 0 unspecified atom stereocenters. The molecule has 1 amide bonds. The first-order valence-corrected chi connectivity index (χ1v) is 12.0. The summed E-state index contributed by atoms with van der Waals surface area (Å²) >= 11 is 11.1. The first-order chi connectivity index (χ1) is 15.8. The number of hydrogen-bond acceptors (Lipinski definition) is 6. The van der Waals surface area contributed by atoms with Crippen LogP contribution in [0.5, 0.6) is 11.5 Å². The van der Waals surface area contributed by atoms with Gasteiger partial charge in [-0.1, -0.05) is 43.6 Å². The van der Waals surface area contributed by atoms with Crippen LogP contribution in [0.2, 0.25) is 5.02 Å². The second-order valence-corrected chi connectivity index (χ2v) is 9.78. The standard InChI is InChI=1S/C23H20BrClN4O3S/c1-12(2)22-28-29-20(26)15(21(30)27-23(29)33-22)8-13-9-16(24)19(18(10-13)31-3)32-11-14-6-4-5-7-17(14)25/h4-10,12,26H,11H2,1-3H3. The highest BCUT2D eigenvalue weighted by Crippen LogP contribution is 2.39. The van der Waals surface area contributed by atoms with Gasteiger partial charge in [-0.3, -0.25) is 10.2 Å². The quantitative estimate of drug-likeness (QED) is 0.451. The molecule has 2 aliphatic rings. The number of fused-ring (bicyclic) bond motifs is 1. The summed E-state index contributed by atoms with van der Waals surface area (Å²) in [6, 6.07) is 11.0. The highest BCUT2D eigenvalue weighted by Gasteiger charge is 2.36. The van der Waals surface area contributed by atoms with E-state index < -0.39 is 5.91 Å². The molecule has 170 valence electrons. The number of hydrogen-bond donors (Lipinski definition) is 1. The van der Waals surface area contributed by atoms with Gasteiger partial charge in [-0.15, -0.1) is 0 Å². The first-order valence-electron chi connectivity index (χ1n) is 10.0. The zero-order valence-corrected chi connectivity index (χ0v) is 21.2. The minimum absolute atomic E-state index is 0.0118. The van der Waals surface area contributed by atoms with Crippen LogP contribution in [-0.2, 0) is 11.4 Å². The molecule has 2 aliphatic heterocycles. The van der Waals surface area contributed by atoms with Crippen LogP contribution in [0, 0.1) is 11.3 Å². The molecule has 4 rings (SSSR count). The lowest BCUT2D eigenvalue weighted by Crippen LogP contribution is -2.35. The molecule has 0 radical (unpaired) electrons. The van der Waals surface area contributed by atoms with Crippen LogP contribution in [-0.4, -0.2) is 34.1 Å². The molecule has 0 fully saturated rings. The number of ether oxygens (including phenoxy) is 2. The van der Waals surface area contributed by atoms with Crippen molar-refractivity contribution >= 4 is 67.3 Å². The van der Waals surface area contributed by atoms with Gasteiger partial charge < -0.3 is 9.47 Å². The third-order valence-electron chi connectivity index (χ3n) is 4.86. The fourth-order valence-corrected chi connectivity index (χ4v) is 4.79. The Balaban J connectivity index is 1.62. The topological polar surface area (TPSA) is 87.3 Å². The minimum atomic E-state index is -0.479. The maximum absolute atomic E-state index is 12.7. The van der Waals surface area contributed by atoms with Crippen LogP contribution in [0.1, 0.15) is 25.0 Å². The Labute approximate surface area is 209 Å². The number of rotatable bonds is 6. The first kappa shape index (κ1) is 23.5. The molecule has 0 bridgehead atoms. The summed E-state index contributed by atoms with van der Waals surface area (Å²) in [7, 11) is 1.54. The molecule has 0 spiro atoms. The maximum atomic E-state index is 12.7. The van der Waals surface area contributed by atoms with E-state index >= 15 is 0 Å². The van der Waals surface area contributed by atoms with Crippen LogP contribution in [0.3, 0.4) is 0 Å². The lowest BCUT2D eigenvalue weighted by molar-refractivity contribution is -0.114. The number of carbonyl (C=O) groups excluding carboxylic acids is 1. The Kier molecular flexibility index (Phi) is 6.92. The third-order valence-corrected chi connectivity index (χ3v) is 7.02. The molecule has 2 aromatic carbocycles. The number of benzene rings is 2. The van der Waals surface area contributed by atoms with Crippen molar-refractivity contribution in [1.82, 2.24) is 5.01 Å². The van der Waals surface area contributed by atoms with Gasteiger partial charge in [-0.2, -0.15) is 15.1 Å². The van der Waals surface area contributed by atoms with E-state index in [0.29, 0.717) is 31.7 Å². The summed E-state index contributed by atoms with van der Waals surface area (Å²) in [4.78, 5) is 16.8. The largest absolute Gasteiger partial charge is 0.493 e. The van der Waals surface area contributed by atoms with E-state index in [0.717, 1.165) is 10.6 Å². The Morgan fingerprint density at radius 2 is 2.06 bits per heavy atom. The van der Waals surface area contributed by atoms with Crippen molar-refractivity contribution in [1.29, 1.82) is 5.41 Å². The number of amidine groups is 2. The number of aliphatic imine (C=N–C) groups is 1. The predicted octanol–water partition coefficient (Wildman–Crippen LogP) is 5.97. The molecule has 7 nitrogen and oxygen atoms in total. The van der Waals surface area contributed by atoms with E-state index in [-0.39, 0.29) is 23.9 Å². The molecule has 1 N–H and O–H groups in total. The number of methoxy groups -OCH3 is 1. The van der Waals surface area contributed by atoms with Gasteiger partial charge in [-0.05, 0) is 57.5 Å². The molecular formula is C23H20BrClN4O3S. The molecule has 0 saturated heterocycles. The van der Waals surface area contributed by atoms with Gasteiger partial charge in [-0.25, -0.2) is 0 Å². The zero-order chi connectivity index (χ0) is 23.7. The predicted molar refractivity (Wildman–Crippen MR) is 136 cm³/mol. The fraction of sp³-hybridized carbons (Fsp3) is 0.217. The van der Waals surface area contributed by atoms with Crippen LogP contribution < -0.4 is 9.47 Å². The van der Waals surface area contributed by atoms with Crippen LogP contribution in [0.25, 0.3) is 6.08 Å². The van der Waals surface area contributed by atoms with Gasteiger partial charge in [0.05, 0.1) is 17.2 Å². The maximum Gasteiger partial charge on any atom is 0.283 e. The van der Waals surface area contributed by atoms with E-state index in [1.165, 1.54) is 23.9 Å². The summed E-state index contributed by atoms with van der Waals surface area (Å²) in [6.07, 6.45) is 1.60. The Hall–Kier alpha value is -2.62. The number of halogens is 2. The molecule has 0 aliphatic carbocycles. The number of carbonyl (C=O) groups is 1. The van der Waals surface area contributed by atoms with E-state index in [4.69, 9.17) is 26.5 Å². The number of nitrogens with zero attached hydrogens (tertiary/aromatic N) is 3. The summed E-state index contributed by atoms with van der Waals surface area (Å²) in [5.41, 5.74) is 1.64. The van der Waals surface area contributed by atoms with Crippen LogP contribution in [0.4, 0.5) is 0 Å². The van der Waals surface area contributed by atoms with E-state index in [1.807, 2.05) is 32.0 Å². The average molecular weight is 548 g/mol.